The van der Waals surface area contributed by atoms with Crippen LogP contribution < -0.4 is 5.32 Å². The normalized spacial score (nSPS) is 20.5. The van der Waals surface area contributed by atoms with Gasteiger partial charge >= 0.3 is 0 Å². The van der Waals surface area contributed by atoms with Crippen LogP contribution in [-0.2, 0) is 9.47 Å². The fraction of sp³-hybridized carbons (Fsp3) is 1.00. The van der Waals surface area contributed by atoms with E-state index in [2.05, 4.69) is 5.32 Å². The Kier molecular flexibility index (Phi) is 4.50. The second kappa shape index (κ2) is 5.52. The van der Waals surface area contributed by atoms with Crippen molar-refractivity contribution in [3.63, 3.8) is 0 Å². The molecule has 66 valence electrons. The van der Waals surface area contributed by atoms with Crippen molar-refractivity contribution < 1.29 is 9.47 Å². The van der Waals surface area contributed by atoms with Gasteiger partial charge in [0.1, 0.15) is 0 Å². The minimum absolute atomic E-state index is 0.664. The summed E-state index contributed by atoms with van der Waals surface area (Å²) in [6.07, 6.45) is 2.38. The zero-order valence-corrected chi connectivity index (χ0v) is 7.14. The van der Waals surface area contributed by atoms with E-state index in [0.29, 0.717) is 6.73 Å². The average Bonchev–Trinajstić information content (AvgIpc) is 2.07. The molecule has 1 heterocycles. The number of nitrogens with one attached hydrogen (secondary N) is 1. The van der Waals surface area contributed by atoms with Crippen LogP contribution in [0, 0.1) is 5.92 Å². The van der Waals surface area contributed by atoms with Crippen LogP contribution >= 0.6 is 0 Å². The summed E-state index contributed by atoms with van der Waals surface area (Å²) in [6, 6.07) is 0. The van der Waals surface area contributed by atoms with Crippen molar-refractivity contribution in [3.8, 4) is 0 Å². The summed E-state index contributed by atoms with van der Waals surface area (Å²) in [4.78, 5) is 0. The molecule has 0 atom stereocenters. The van der Waals surface area contributed by atoms with E-state index in [0.717, 1.165) is 25.7 Å². The lowest BCUT2D eigenvalue weighted by Gasteiger charge is -2.21. The Balaban J connectivity index is 1.96. The monoisotopic (exact) mass is 159 g/mol. The van der Waals surface area contributed by atoms with Crippen LogP contribution in [-0.4, -0.2) is 33.6 Å². The Morgan fingerprint density at radius 2 is 2.18 bits per heavy atom. The van der Waals surface area contributed by atoms with Gasteiger partial charge in [0.2, 0.25) is 0 Å². The molecule has 0 aromatic rings. The molecule has 0 aliphatic carbocycles. The summed E-state index contributed by atoms with van der Waals surface area (Å²) >= 11 is 0. The van der Waals surface area contributed by atoms with Crippen molar-refractivity contribution in [3.05, 3.63) is 0 Å². The molecule has 0 aromatic heterocycles. The quantitative estimate of drug-likeness (QED) is 0.481. The molecule has 0 saturated carbocycles. The maximum Gasteiger partial charge on any atom is 0.0961 e. The van der Waals surface area contributed by atoms with E-state index in [1.165, 1.54) is 12.8 Å². The van der Waals surface area contributed by atoms with Crippen molar-refractivity contribution in [1.29, 1.82) is 0 Å². The Morgan fingerprint density at radius 1 is 1.45 bits per heavy atom. The van der Waals surface area contributed by atoms with E-state index in [1.807, 2.05) is 0 Å². The van der Waals surface area contributed by atoms with Crippen molar-refractivity contribution in [1.82, 2.24) is 5.32 Å². The molecule has 0 spiro atoms. The minimum Gasteiger partial charge on any atom is -0.381 e. The molecule has 0 unspecified atom stereocenters. The highest BCUT2D eigenvalue weighted by Gasteiger charge is 2.12. The van der Waals surface area contributed by atoms with Gasteiger partial charge in [-0.15, -0.1) is 0 Å². The predicted octanol–water partition coefficient (Wildman–Crippen LogP) is 0.606. The van der Waals surface area contributed by atoms with Gasteiger partial charge in [0.25, 0.3) is 0 Å². The maximum absolute atomic E-state index is 5.25. The topological polar surface area (TPSA) is 30.5 Å². The lowest BCUT2D eigenvalue weighted by atomic mass is 10.0. The second-order valence-corrected chi connectivity index (χ2v) is 2.94. The first-order chi connectivity index (χ1) is 5.43. The van der Waals surface area contributed by atoms with Gasteiger partial charge in [0.05, 0.1) is 6.73 Å². The van der Waals surface area contributed by atoms with Crippen molar-refractivity contribution in [2.75, 3.05) is 33.6 Å². The average molecular weight is 159 g/mol. The lowest BCUT2D eigenvalue weighted by molar-refractivity contribution is 0.0624. The predicted molar refractivity (Wildman–Crippen MR) is 43.4 cm³/mol. The summed E-state index contributed by atoms with van der Waals surface area (Å²) in [7, 11) is 1.71. The molecule has 0 radical (unpaired) electrons. The highest BCUT2D eigenvalue weighted by Crippen LogP contribution is 2.12. The third-order valence-corrected chi connectivity index (χ3v) is 2.02. The molecule has 1 aliphatic heterocycles. The number of methoxy groups -OCH3 is 1. The number of ether oxygens (including phenoxy) is 2. The van der Waals surface area contributed by atoms with Gasteiger partial charge in [-0.05, 0) is 18.8 Å². The molecule has 1 aliphatic rings. The smallest absolute Gasteiger partial charge is 0.0961 e. The van der Waals surface area contributed by atoms with E-state index < -0.39 is 0 Å². The van der Waals surface area contributed by atoms with Gasteiger partial charge < -0.3 is 9.47 Å². The maximum atomic E-state index is 5.25. The molecular weight excluding hydrogens is 142 g/mol. The lowest BCUT2D eigenvalue weighted by Crippen LogP contribution is -2.28. The van der Waals surface area contributed by atoms with Gasteiger partial charge in [-0.3, -0.25) is 5.32 Å². The van der Waals surface area contributed by atoms with E-state index in [4.69, 9.17) is 9.47 Å². The van der Waals surface area contributed by atoms with Crippen LogP contribution in [0.4, 0.5) is 0 Å². The number of hydrogen-bond acceptors (Lipinski definition) is 3. The standard InChI is InChI=1S/C8H17NO2/c1-10-7-9-6-8-2-4-11-5-3-8/h8-9H,2-7H2,1H3. The molecular formula is C8H17NO2. The first-order valence-corrected chi connectivity index (χ1v) is 4.21. The van der Waals surface area contributed by atoms with Crippen LogP contribution in [0.3, 0.4) is 0 Å². The Hall–Kier alpha value is -0.120. The zero-order valence-electron chi connectivity index (χ0n) is 7.14. The summed E-state index contributed by atoms with van der Waals surface area (Å²) in [6.45, 7) is 3.59. The minimum atomic E-state index is 0.664. The number of rotatable bonds is 4. The van der Waals surface area contributed by atoms with Gasteiger partial charge in [-0.1, -0.05) is 0 Å². The molecule has 1 saturated heterocycles. The number of hydrogen-bond donors (Lipinski definition) is 1. The van der Waals surface area contributed by atoms with E-state index in [1.54, 1.807) is 7.11 Å². The van der Waals surface area contributed by atoms with Crippen molar-refractivity contribution in [2.24, 2.45) is 5.92 Å². The molecule has 3 nitrogen and oxygen atoms in total. The van der Waals surface area contributed by atoms with Gasteiger partial charge in [-0.2, -0.15) is 0 Å². The molecule has 3 heteroatoms. The molecule has 0 bridgehead atoms. The van der Waals surface area contributed by atoms with Gasteiger partial charge in [-0.25, -0.2) is 0 Å². The molecule has 1 N–H and O–H groups in total. The van der Waals surface area contributed by atoms with Crippen LogP contribution in [0.25, 0.3) is 0 Å². The molecule has 1 fully saturated rings. The summed E-state index contributed by atoms with van der Waals surface area (Å²) in [5, 5.41) is 3.23. The highest BCUT2D eigenvalue weighted by atomic mass is 16.5. The highest BCUT2D eigenvalue weighted by molar-refractivity contribution is 4.64. The van der Waals surface area contributed by atoms with E-state index in [9.17, 15) is 0 Å². The fourth-order valence-corrected chi connectivity index (χ4v) is 1.32. The molecule has 11 heavy (non-hydrogen) atoms. The first kappa shape index (κ1) is 8.97. The zero-order chi connectivity index (χ0) is 7.94. The molecule has 1 rings (SSSR count). The third kappa shape index (κ3) is 3.70. The van der Waals surface area contributed by atoms with Crippen molar-refractivity contribution in [2.45, 2.75) is 12.8 Å². The Morgan fingerprint density at radius 3 is 2.82 bits per heavy atom. The van der Waals surface area contributed by atoms with Gasteiger partial charge in [0, 0.05) is 26.9 Å². The van der Waals surface area contributed by atoms with E-state index in [-0.39, 0.29) is 0 Å². The van der Waals surface area contributed by atoms with E-state index >= 15 is 0 Å². The summed E-state index contributed by atoms with van der Waals surface area (Å²) < 4.78 is 10.1. The van der Waals surface area contributed by atoms with Crippen LogP contribution in [0.5, 0.6) is 0 Å². The Bertz CT molecular complexity index is 92.1. The first-order valence-electron chi connectivity index (χ1n) is 4.21. The van der Waals surface area contributed by atoms with Crippen LogP contribution in [0.2, 0.25) is 0 Å². The molecule has 0 amide bonds. The SMILES string of the molecule is COCNCC1CCOCC1. The summed E-state index contributed by atoms with van der Waals surface area (Å²) in [5.41, 5.74) is 0. The van der Waals surface area contributed by atoms with Crippen LogP contribution in [0.1, 0.15) is 12.8 Å². The third-order valence-electron chi connectivity index (χ3n) is 2.02. The van der Waals surface area contributed by atoms with Crippen molar-refractivity contribution >= 4 is 0 Å². The fourth-order valence-electron chi connectivity index (χ4n) is 1.32. The van der Waals surface area contributed by atoms with Gasteiger partial charge in [0.15, 0.2) is 0 Å². The summed E-state index contributed by atoms with van der Waals surface area (Å²) in [5.74, 6) is 0.791. The second-order valence-electron chi connectivity index (χ2n) is 2.94. The van der Waals surface area contributed by atoms with Crippen LogP contribution in [0.15, 0.2) is 0 Å². The Labute approximate surface area is 68.1 Å². The molecule has 0 aromatic carbocycles. The largest absolute Gasteiger partial charge is 0.381 e.